The zero-order valence-electron chi connectivity index (χ0n) is 27.8. The van der Waals surface area contributed by atoms with Gasteiger partial charge in [0, 0.05) is 30.6 Å². The van der Waals surface area contributed by atoms with Crippen LogP contribution in [0.15, 0.2) is 46.8 Å². The molecule has 0 aliphatic carbocycles. The van der Waals surface area contributed by atoms with E-state index in [1.165, 1.54) is 32.4 Å². The smallest absolute Gasteiger partial charge is 0.288 e. The minimum absolute atomic E-state index is 0.00202. The van der Waals surface area contributed by atoms with Gasteiger partial charge in [-0.3, -0.25) is 9.59 Å². The number of benzene rings is 1. The molecule has 1 aromatic carbocycles. The van der Waals surface area contributed by atoms with Crippen molar-refractivity contribution >= 4 is 29.2 Å². The van der Waals surface area contributed by atoms with Gasteiger partial charge in [0.05, 0.1) is 25.2 Å². The lowest BCUT2D eigenvalue weighted by molar-refractivity contribution is -0.145. The number of ether oxygens (including phenoxy) is 1. The van der Waals surface area contributed by atoms with Crippen molar-refractivity contribution in [2.45, 2.75) is 103 Å². The van der Waals surface area contributed by atoms with Gasteiger partial charge < -0.3 is 35.8 Å². The molecule has 2 fully saturated rings. The van der Waals surface area contributed by atoms with Crippen molar-refractivity contribution in [3.8, 4) is 0 Å². The second kappa shape index (κ2) is 16.7. The summed E-state index contributed by atoms with van der Waals surface area (Å²) in [6.07, 6.45) is 6.53. The summed E-state index contributed by atoms with van der Waals surface area (Å²) in [6.45, 7) is 11.8. The molecular weight excluding hydrogens is 598 g/mol. The molecule has 0 spiro atoms. The Morgan fingerprint density at radius 2 is 1.87 bits per heavy atom. The molecule has 4 N–H and O–H groups in total. The minimum Gasteiger partial charge on any atom is -0.455 e. The van der Waals surface area contributed by atoms with Gasteiger partial charge in [0.15, 0.2) is 0 Å². The number of likely N-dealkylation sites (tertiary alicyclic amines) is 1. The summed E-state index contributed by atoms with van der Waals surface area (Å²) >= 11 is 1.58. The fourth-order valence-corrected chi connectivity index (χ4v) is 7.58. The number of piperazine rings is 1. The van der Waals surface area contributed by atoms with Gasteiger partial charge in [0.25, 0.3) is 6.02 Å². The molecule has 10 nitrogen and oxygen atoms in total. The van der Waals surface area contributed by atoms with Crippen molar-refractivity contribution in [1.82, 2.24) is 25.3 Å². The van der Waals surface area contributed by atoms with Crippen LogP contribution in [0.1, 0.15) is 81.4 Å². The standard InChI is InChI=1S/C35H53N7O3S/c1-25(2)38-30(14-8-11-17-40-15-9-5-10-16-40)34(44)42-19-18-41(35-39-26(3)32(45-35)28-12-6-4-7-13-28)23-31(42)33(43)37-22-29-20-27(21-36)24-46-29/h4,6-7,12-13,20,24-26,30-32,38H,5,8-11,14-19,21-23,36H2,1-3H3,(H,37,43)/t26-,30+,31-,32?/m0/s1. The van der Waals surface area contributed by atoms with Gasteiger partial charge in [0.2, 0.25) is 11.8 Å². The second-order valence-electron chi connectivity index (χ2n) is 13.2. The quantitative estimate of drug-likeness (QED) is 0.282. The molecule has 11 heteroatoms. The number of rotatable bonds is 13. The maximum absolute atomic E-state index is 14.3. The number of carbonyl (C=O) groups excluding carboxylic acids is 2. The largest absolute Gasteiger partial charge is 0.455 e. The van der Waals surface area contributed by atoms with Crippen LogP contribution >= 0.6 is 11.3 Å². The van der Waals surface area contributed by atoms with E-state index in [1.807, 2.05) is 34.5 Å². The van der Waals surface area contributed by atoms with Crippen molar-refractivity contribution in [2.24, 2.45) is 10.7 Å². The molecule has 4 atom stereocenters. The monoisotopic (exact) mass is 651 g/mol. The summed E-state index contributed by atoms with van der Waals surface area (Å²) in [4.78, 5) is 40.4. The molecule has 2 saturated heterocycles. The van der Waals surface area contributed by atoms with Crippen LogP contribution in [-0.4, -0.2) is 96.0 Å². The Morgan fingerprint density at radius 1 is 1.09 bits per heavy atom. The Morgan fingerprint density at radius 3 is 2.59 bits per heavy atom. The number of amidine groups is 1. The summed E-state index contributed by atoms with van der Waals surface area (Å²) in [5.41, 5.74) is 7.93. The number of thiophene rings is 1. The second-order valence-corrected chi connectivity index (χ2v) is 14.2. The van der Waals surface area contributed by atoms with E-state index in [0.717, 1.165) is 41.8 Å². The average Bonchev–Trinajstić information content (AvgIpc) is 3.71. The third kappa shape index (κ3) is 9.08. The minimum atomic E-state index is -0.669. The van der Waals surface area contributed by atoms with Crippen molar-refractivity contribution in [2.75, 3.05) is 39.3 Å². The van der Waals surface area contributed by atoms with Crippen LogP contribution in [0, 0.1) is 0 Å². The maximum atomic E-state index is 14.3. The number of unbranched alkanes of at least 4 members (excludes halogenated alkanes) is 1. The Kier molecular flexibility index (Phi) is 12.5. The van der Waals surface area contributed by atoms with Crippen molar-refractivity contribution in [1.29, 1.82) is 0 Å². The summed E-state index contributed by atoms with van der Waals surface area (Å²) in [7, 11) is 0. The van der Waals surface area contributed by atoms with Gasteiger partial charge in [-0.1, -0.05) is 57.0 Å². The van der Waals surface area contributed by atoms with Crippen LogP contribution in [0.4, 0.5) is 0 Å². The molecule has 1 unspecified atom stereocenters. The lowest BCUT2D eigenvalue weighted by atomic mass is 10.0. The van der Waals surface area contributed by atoms with E-state index in [2.05, 4.69) is 48.4 Å². The highest BCUT2D eigenvalue weighted by molar-refractivity contribution is 7.10. The topological polar surface area (TPSA) is 116 Å². The first kappa shape index (κ1) is 34.3. The van der Waals surface area contributed by atoms with Gasteiger partial charge in [-0.15, -0.1) is 11.3 Å². The molecule has 2 amide bonds. The van der Waals surface area contributed by atoms with Gasteiger partial charge in [-0.2, -0.15) is 0 Å². The molecule has 3 aliphatic heterocycles. The third-order valence-electron chi connectivity index (χ3n) is 9.23. The Hall–Kier alpha value is -2.99. The van der Waals surface area contributed by atoms with Crippen LogP contribution in [0.5, 0.6) is 0 Å². The molecule has 0 radical (unpaired) electrons. The number of amides is 2. The highest BCUT2D eigenvalue weighted by Gasteiger charge is 2.41. The number of nitrogens with two attached hydrogens (primary N) is 1. The first-order valence-electron chi connectivity index (χ1n) is 17.2. The molecule has 3 aliphatic rings. The first-order chi connectivity index (χ1) is 22.3. The lowest BCUT2D eigenvalue weighted by Gasteiger charge is -2.42. The average molecular weight is 652 g/mol. The molecule has 2 aromatic rings. The van der Waals surface area contributed by atoms with Crippen LogP contribution in [-0.2, 0) is 27.4 Å². The fraction of sp³-hybridized carbons (Fsp3) is 0.629. The van der Waals surface area contributed by atoms with Crippen LogP contribution < -0.4 is 16.4 Å². The van der Waals surface area contributed by atoms with Crippen molar-refractivity contribution < 1.29 is 14.3 Å². The Balaban J connectivity index is 1.27. The lowest BCUT2D eigenvalue weighted by Crippen LogP contribution is -2.64. The van der Waals surface area contributed by atoms with E-state index >= 15 is 0 Å². The molecular formula is C35H53N7O3S. The van der Waals surface area contributed by atoms with E-state index in [-0.39, 0.29) is 36.0 Å². The predicted molar refractivity (Wildman–Crippen MR) is 184 cm³/mol. The number of hydrogen-bond donors (Lipinski definition) is 3. The number of piperidine rings is 1. The molecule has 5 rings (SSSR count). The van der Waals surface area contributed by atoms with Gasteiger partial charge in [0.1, 0.15) is 12.1 Å². The normalized spacial score (nSPS) is 22.9. The maximum Gasteiger partial charge on any atom is 0.288 e. The molecule has 4 heterocycles. The predicted octanol–water partition coefficient (Wildman–Crippen LogP) is 3.87. The zero-order chi connectivity index (χ0) is 32.5. The number of aliphatic imine (C=N–C) groups is 1. The van der Waals surface area contributed by atoms with Gasteiger partial charge in [-0.25, -0.2) is 4.99 Å². The number of carbonyl (C=O) groups is 2. The van der Waals surface area contributed by atoms with Gasteiger partial charge in [-0.05, 0) is 74.8 Å². The number of hydrogen-bond acceptors (Lipinski definition) is 9. The van der Waals surface area contributed by atoms with E-state index in [9.17, 15) is 9.59 Å². The van der Waals surface area contributed by atoms with Crippen molar-refractivity contribution in [3.63, 3.8) is 0 Å². The van der Waals surface area contributed by atoms with Crippen LogP contribution in [0.3, 0.4) is 0 Å². The molecule has 252 valence electrons. The SMILES string of the molecule is CC(C)N[C@H](CCCCN1CCCCC1)C(=O)N1CCN(C2=N[C@@H](C)C(c3ccccc3)O2)C[C@H]1C(=O)NCc1cc(CN)cs1. The molecule has 0 saturated carbocycles. The summed E-state index contributed by atoms with van der Waals surface area (Å²) in [5.74, 6) is -0.168. The first-order valence-corrected chi connectivity index (χ1v) is 18.1. The Bertz CT molecular complexity index is 1300. The Labute approximate surface area is 278 Å². The molecule has 1 aromatic heterocycles. The van der Waals surface area contributed by atoms with E-state index < -0.39 is 6.04 Å². The van der Waals surface area contributed by atoms with Gasteiger partial charge >= 0.3 is 0 Å². The summed E-state index contributed by atoms with van der Waals surface area (Å²) < 4.78 is 6.40. The summed E-state index contributed by atoms with van der Waals surface area (Å²) in [6, 6.07) is 11.8. The summed E-state index contributed by atoms with van der Waals surface area (Å²) in [5, 5.41) is 8.67. The molecule has 0 bridgehead atoms. The number of nitrogens with zero attached hydrogens (tertiary/aromatic N) is 4. The molecule has 46 heavy (non-hydrogen) atoms. The van der Waals surface area contributed by atoms with Crippen LogP contribution in [0.25, 0.3) is 0 Å². The number of nitrogens with one attached hydrogen (secondary N) is 2. The van der Waals surface area contributed by atoms with Crippen molar-refractivity contribution in [3.05, 3.63) is 57.8 Å². The van der Waals surface area contributed by atoms with E-state index in [4.69, 9.17) is 15.5 Å². The highest BCUT2D eigenvalue weighted by Crippen LogP contribution is 2.30. The zero-order valence-corrected chi connectivity index (χ0v) is 28.6. The van der Waals surface area contributed by atoms with E-state index in [1.54, 1.807) is 16.2 Å². The highest BCUT2D eigenvalue weighted by atomic mass is 32.1. The van der Waals surface area contributed by atoms with E-state index in [0.29, 0.717) is 38.7 Å². The fourth-order valence-electron chi connectivity index (χ4n) is 6.74. The van der Waals surface area contributed by atoms with Crippen LogP contribution in [0.2, 0.25) is 0 Å². The third-order valence-corrected chi connectivity index (χ3v) is 10.2.